The van der Waals surface area contributed by atoms with E-state index in [-0.39, 0.29) is 10.8 Å². The molecule has 2 unspecified atom stereocenters. The van der Waals surface area contributed by atoms with Crippen molar-refractivity contribution < 1.29 is 4.39 Å². The third-order valence-corrected chi connectivity index (χ3v) is 4.30. The number of halogens is 1. The van der Waals surface area contributed by atoms with Crippen LogP contribution in [0.15, 0.2) is 18.2 Å². The highest BCUT2D eigenvalue weighted by Gasteiger charge is 2.25. The van der Waals surface area contributed by atoms with Gasteiger partial charge in [0.15, 0.2) is 0 Å². The van der Waals surface area contributed by atoms with Crippen LogP contribution < -0.4 is 5.73 Å². The number of rotatable bonds is 3. The number of piperidine rings is 1. The molecule has 0 amide bonds. The molecule has 0 aromatic heterocycles. The van der Waals surface area contributed by atoms with Gasteiger partial charge in [0.25, 0.3) is 0 Å². The van der Waals surface area contributed by atoms with E-state index in [4.69, 9.17) is 18.0 Å². The van der Waals surface area contributed by atoms with Gasteiger partial charge < -0.3 is 5.73 Å². The molecule has 2 atom stereocenters. The minimum absolute atomic E-state index is 0.213. The third kappa shape index (κ3) is 3.31. The Labute approximate surface area is 119 Å². The lowest BCUT2D eigenvalue weighted by Gasteiger charge is -2.39. The first-order chi connectivity index (χ1) is 8.99. The van der Waals surface area contributed by atoms with Crippen molar-refractivity contribution in [1.82, 2.24) is 4.90 Å². The van der Waals surface area contributed by atoms with Gasteiger partial charge in [-0.1, -0.05) is 30.8 Å². The second-order valence-corrected chi connectivity index (χ2v) is 5.91. The van der Waals surface area contributed by atoms with Crippen molar-refractivity contribution in [2.45, 2.75) is 51.7 Å². The van der Waals surface area contributed by atoms with Gasteiger partial charge in [-0.3, -0.25) is 4.90 Å². The first-order valence-electron chi connectivity index (χ1n) is 6.83. The van der Waals surface area contributed by atoms with Gasteiger partial charge in [0.05, 0.1) is 0 Å². The Morgan fingerprint density at radius 2 is 2.00 bits per heavy atom. The van der Waals surface area contributed by atoms with Crippen LogP contribution in [0.1, 0.15) is 44.2 Å². The molecule has 4 heteroatoms. The highest BCUT2D eigenvalue weighted by molar-refractivity contribution is 7.80. The second-order valence-electron chi connectivity index (χ2n) is 5.47. The molecule has 2 N–H and O–H groups in total. The summed E-state index contributed by atoms with van der Waals surface area (Å²) in [5, 5.41) is 0. The smallest absolute Gasteiger partial charge is 0.128 e. The van der Waals surface area contributed by atoms with E-state index in [9.17, 15) is 4.39 Å². The van der Waals surface area contributed by atoms with Crippen LogP contribution >= 0.6 is 12.2 Å². The van der Waals surface area contributed by atoms with Gasteiger partial charge in [-0.15, -0.1) is 0 Å². The summed E-state index contributed by atoms with van der Waals surface area (Å²) in [4.78, 5) is 2.62. The van der Waals surface area contributed by atoms with Crippen LogP contribution in [-0.2, 0) is 6.54 Å². The van der Waals surface area contributed by atoms with E-state index in [1.165, 1.54) is 25.3 Å². The minimum atomic E-state index is -0.213. The maximum absolute atomic E-state index is 14.1. The molecule has 0 radical (unpaired) electrons. The third-order valence-electron chi connectivity index (χ3n) is 4.07. The predicted octanol–water partition coefficient (Wildman–Crippen LogP) is 3.22. The van der Waals surface area contributed by atoms with Crippen molar-refractivity contribution in [3.8, 4) is 0 Å². The molecule has 1 aromatic carbocycles. The molecule has 0 aliphatic carbocycles. The van der Waals surface area contributed by atoms with Crippen LogP contribution in [-0.4, -0.2) is 22.0 Å². The number of nitrogens with zero attached hydrogens (tertiary/aromatic N) is 1. The molecular formula is C15H21FN2S. The first kappa shape index (κ1) is 14.4. The summed E-state index contributed by atoms with van der Waals surface area (Å²) < 4.78 is 14.1. The first-order valence-corrected chi connectivity index (χ1v) is 7.24. The van der Waals surface area contributed by atoms with Crippen LogP contribution in [0.25, 0.3) is 0 Å². The number of hydrogen-bond donors (Lipinski definition) is 1. The average Bonchev–Trinajstić information content (AvgIpc) is 2.35. The lowest BCUT2D eigenvalue weighted by atomic mass is 9.96. The Bertz CT molecular complexity index is 465. The Morgan fingerprint density at radius 3 is 2.53 bits per heavy atom. The molecule has 2 nitrogen and oxygen atoms in total. The highest BCUT2D eigenvalue weighted by Crippen LogP contribution is 2.25. The molecule has 19 heavy (non-hydrogen) atoms. The SMILES string of the molecule is CC1CCCC(C)N1Cc1ccc(C(N)=S)cc1F. The maximum atomic E-state index is 14.1. The zero-order valence-electron chi connectivity index (χ0n) is 11.5. The summed E-state index contributed by atoms with van der Waals surface area (Å²) >= 11 is 4.86. The van der Waals surface area contributed by atoms with Crippen molar-refractivity contribution in [3.63, 3.8) is 0 Å². The summed E-state index contributed by atoms with van der Waals surface area (Å²) in [5.74, 6) is -0.213. The van der Waals surface area contributed by atoms with Gasteiger partial charge in [-0.05, 0) is 32.8 Å². The predicted molar refractivity (Wildman–Crippen MR) is 80.6 cm³/mol. The molecule has 1 heterocycles. The maximum Gasteiger partial charge on any atom is 0.128 e. The largest absolute Gasteiger partial charge is 0.389 e. The molecule has 1 aliphatic rings. The van der Waals surface area contributed by atoms with Crippen LogP contribution in [0.3, 0.4) is 0 Å². The van der Waals surface area contributed by atoms with Gasteiger partial charge in [0.1, 0.15) is 10.8 Å². The standard InChI is InChI=1S/C15H21FN2S/c1-10-4-3-5-11(2)18(10)9-13-7-6-12(15(17)19)8-14(13)16/h6-8,10-11H,3-5,9H2,1-2H3,(H2,17,19). The van der Waals surface area contributed by atoms with Crippen molar-refractivity contribution in [2.24, 2.45) is 5.73 Å². The summed E-state index contributed by atoms with van der Waals surface area (Å²) in [6.45, 7) is 5.10. The zero-order chi connectivity index (χ0) is 14.0. The second kappa shape index (κ2) is 5.97. The molecular weight excluding hydrogens is 259 g/mol. The number of nitrogens with two attached hydrogens (primary N) is 1. The fourth-order valence-corrected chi connectivity index (χ4v) is 2.94. The van der Waals surface area contributed by atoms with Crippen LogP contribution in [0, 0.1) is 5.82 Å². The molecule has 1 aromatic rings. The molecule has 0 saturated carbocycles. The zero-order valence-corrected chi connectivity index (χ0v) is 12.3. The van der Waals surface area contributed by atoms with E-state index in [0.29, 0.717) is 24.2 Å². The summed E-state index contributed by atoms with van der Waals surface area (Å²) in [6.07, 6.45) is 3.65. The average molecular weight is 280 g/mol. The quantitative estimate of drug-likeness (QED) is 0.862. The van der Waals surface area contributed by atoms with Gasteiger partial charge >= 0.3 is 0 Å². The Morgan fingerprint density at radius 1 is 1.37 bits per heavy atom. The molecule has 1 aliphatic heterocycles. The Kier molecular flexibility index (Phi) is 4.53. The molecule has 1 saturated heterocycles. The molecule has 104 valence electrons. The Hall–Kier alpha value is -1.00. The van der Waals surface area contributed by atoms with Gasteiger partial charge in [-0.25, -0.2) is 4.39 Å². The van der Waals surface area contributed by atoms with E-state index in [2.05, 4.69) is 18.7 Å². The van der Waals surface area contributed by atoms with Crippen LogP contribution in [0.4, 0.5) is 4.39 Å². The lowest BCUT2D eigenvalue weighted by molar-refractivity contribution is 0.0940. The number of benzene rings is 1. The monoisotopic (exact) mass is 280 g/mol. The Balaban J connectivity index is 2.16. The molecule has 1 fully saturated rings. The van der Waals surface area contributed by atoms with E-state index < -0.39 is 0 Å². The number of hydrogen-bond acceptors (Lipinski definition) is 2. The topological polar surface area (TPSA) is 29.3 Å². The number of thiocarbonyl (C=S) groups is 1. The van der Waals surface area contributed by atoms with Gasteiger partial charge in [0, 0.05) is 29.8 Å². The fourth-order valence-electron chi connectivity index (χ4n) is 2.81. The summed E-state index contributed by atoms with van der Waals surface area (Å²) in [6, 6.07) is 6.08. The van der Waals surface area contributed by atoms with Crippen molar-refractivity contribution >= 4 is 17.2 Å². The summed E-state index contributed by atoms with van der Waals surface area (Å²) in [5.41, 5.74) is 6.83. The molecule has 0 bridgehead atoms. The molecule has 0 spiro atoms. The summed E-state index contributed by atoms with van der Waals surface area (Å²) in [7, 11) is 0. The van der Waals surface area contributed by atoms with E-state index in [1.54, 1.807) is 12.1 Å². The minimum Gasteiger partial charge on any atom is -0.389 e. The highest BCUT2D eigenvalue weighted by atomic mass is 32.1. The van der Waals surface area contributed by atoms with E-state index in [0.717, 1.165) is 5.56 Å². The van der Waals surface area contributed by atoms with E-state index in [1.807, 2.05) is 0 Å². The van der Waals surface area contributed by atoms with E-state index >= 15 is 0 Å². The van der Waals surface area contributed by atoms with Crippen LogP contribution in [0.2, 0.25) is 0 Å². The van der Waals surface area contributed by atoms with Gasteiger partial charge in [-0.2, -0.15) is 0 Å². The van der Waals surface area contributed by atoms with Crippen molar-refractivity contribution in [2.75, 3.05) is 0 Å². The fraction of sp³-hybridized carbons (Fsp3) is 0.533. The van der Waals surface area contributed by atoms with Crippen LogP contribution in [0.5, 0.6) is 0 Å². The normalized spacial score (nSPS) is 24.4. The van der Waals surface area contributed by atoms with Crippen molar-refractivity contribution in [3.05, 3.63) is 35.1 Å². The number of likely N-dealkylation sites (tertiary alicyclic amines) is 1. The van der Waals surface area contributed by atoms with Gasteiger partial charge in [0.2, 0.25) is 0 Å². The lowest BCUT2D eigenvalue weighted by Crippen LogP contribution is -2.43. The van der Waals surface area contributed by atoms with Crippen molar-refractivity contribution in [1.29, 1.82) is 0 Å². The molecule has 2 rings (SSSR count).